The SMILES string of the molecule is Cc1ccc(CNCC2(O)CCC(C)CC2)cn1. The summed E-state index contributed by atoms with van der Waals surface area (Å²) in [6, 6.07) is 4.11. The van der Waals surface area contributed by atoms with Crippen LogP contribution in [-0.2, 0) is 6.54 Å². The molecule has 2 rings (SSSR count). The van der Waals surface area contributed by atoms with Crippen molar-refractivity contribution in [3.8, 4) is 0 Å². The molecule has 1 aliphatic carbocycles. The second-order valence-corrected chi connectivity index (χ2v) is 5.82. The summed E-state index contributed by atoms with van der Waals surface area (Å²) in [6.07, 6.45) is 6.03. The third-order valence-corrected chi connectivity index (χ3v) is 3.96. The van der Waals surface area contributed by atoms with E-state index in [2.05, 4.69) is 23.3 Å². The van der Waals surface area contributed by atoms with Gasteiger partial charge in [0.05, 0.1) is 5.60 Å². The van der Waals surface area contributed by atoms with Gasteiger partial charge in [0.15, 0.2) is 0 Å². The average molecular weight is 248 g/mol. The number of pyridine rings is 1. The molecule has 3 nitrogen and oxygen atoms in total. The van der Waals surface area contributed by atoms with Gasteiger partial charge in [0.2, 0.25) is 0 Å². The maximum Gasteiger partial charge on any atom is 0.0771 e. The fraction of sp³-hybridized carbons (Fsp3) is 0.667. The van der Waals surface area contributed by atoms with Gasteiger partial charge in [-0.1, -0.05) is 13.0 Å². The molecule has 0 radical (unpaired) electrons. The number of rotatable bonds is 4. The summed E-state index contributed by atoms with van der Waals surface area (Å²) in [4.78, 5) is 4.27. The molecule has 3 heteroatoms. The fourth-order valence-electron chi connectivity index (χ4n) is 2.52. The molecule has 0 unspecified atom stereocenters. The lowest BCUT2D eigenvalue weighted by atomic mass is 9.79. The zero-order chi connectivity index (χ0) is 13.0. The van der Waals surface area contributed by atoms with E-state index in [4.69, 9.17) is 0 Å². The lowest BCUT2D eigenvalue weighted by Crippen LogP contribution is -2.43. The lowest BCUT2D eigenvalue weighted by molar-refractivity contribution is -0.00630. The molecule has 0 amide bonds. The number of hydrogen-bond acceptors (Lipinski definition) is 3. The van der Waals surface area contributed by atoms with Crippen LogP contribution in [0.3, 0.4) is 0 Å². The summed E-state index contributed by atoms with van der Waals surface area (Å²) in [5, 5.41) is 13.8. The van der Waals surface area contributed by atoms with Crippen molar-refractivity contribution < 1.29 is 5.11 Å². The van der Waals surface area contributed by atoms with Gasteiger partial charge in [-0.25, -0.2) is 0 Å². The lowest BCUT2D eigenvalue weighted by Gasteiger charge is -2.35. The van der Waals surface area contributed by atoms with Crippen LogP contribution in [0.15, 0.2) is 18.3 Å². The Morgan fingerprint density at radius 1 is 1.39 bits per heavy atom. The van der Waals surface area contributed by atoms with Crippen molar-refractivity contribution in [2.24, 2.45) is 5.92 Å². The summed E-state index contributed by atoms with van der Waals surface area (Å²) < 4.78 is 0. The van der Waals surface area contributed by atoms with Crippen LogP contribution in [0.1, 0.15) is 43.9 Å². The molecule has 0 bridgehead atoms. The van der Waals surface area contributed by atoms with E-state index in [9.17, 15) is 5.11 Å². The molecule has 1 aromatic rings. The summed E-state index contributed by atoms with van der Waals surface area (Å²) in [5.74, 6) is 0.770. The van der Waals surface area contributed by atoms with E-state index >= 15 is 0 Å². The van der Waals surface area contributed by atoms with Gasteiger partial charge in [-0.15, -0.1) is 0 Å². The zero-order valence-corrected chi connectivity index (χ0v) is 11.4. The summed E-state index contributed by atoms with van der Waals surface area (Å²) in [7, 11) is 0. The molecule has 1 aliphatic rings. The highest BCUT2D eigenvalue weighted by Gasteiger charge is 2.31. The van der Waals surface area contributed by atoms with Crippen molar-refractivity contribution in [1.29, 1.82) is 0 Å². The summed E-state index contributed by atoms with van der Waals surface area (Å²) in [5.41, 5.74) is 1.72. The van der Waals surface area contributed by atoms with Crippen LogP contribution in [0.2, 0.25) is 0 Å². The van der Waals surface area contributed by atoms with Crippen LogP contribution in [-0.4, -0.2) is 22.2 Å². The maximum atomic E-state index is 10.4. The highest BCUT2D eigenvalue weighted by molar-refractivity contribution is 5.12. The van der Waals surface area contributed by atoms with Crippen molar-refractivity contribution in [2.45, 2.75) is 51.7 Å². The quantitative estimate of drug-likeness (QED) is 0.860. The predicted octanol–water partition coefficient (Wildman–Crippen LogP) is 2.42. The summed E-state index contributed by atoms with van der Waals surface area (Å²) in [6.45, 7) is 5.73. The molecule has 0 aromatic carbocycles. The first kappa shape index (κ1) is 13.5. The Morgan fingerprint density at radius 2 is 2.11 bits per heavy atom. The van der Waals surface area contributed by atoms with Gasteiger partial charge < -0.3 is 10.4 Å². The molecule has 1 saturated carbocycles. The van der Waals surface area contributed by atoms with Gasteiger partial charge in [0.25, 0.3) is 0 Å². The van der Waals surface area contributed by atoms with Crippen molar-refractivity contribution in [3.63, 3.8) is 0 Å². The second-order valence-electron chi connectivity index (χ2n) is 5.82. The first-order chi connectivity index (χ1) is 8.57. The minimum atomic E-state index is -0.495. The van der Waals surface area contributed by atoms with E-state index in [1.165, 1.54) is 5.56 Å². The largest absolute Gasteiger partial charge is 0.389 e. The average Bonchev–Trinajstić information content (AvgIpc) is 2.36. The van der Waals surface area contributed by atoms with Gasteiger partial charge in [0, 0.05) is 25.0 Å². The molecule has 0 saturated heterocycles. The van der Waals surface area contributed by atoms with Crippen LogP contribution in [0.5, 0.6) is 0 Å². The third kappa shape index (κ3) is 3.79. The summed E-state index contributed by atoms with van der Waals surface area (Å²) >= 11 is 0. The molecule has 2 N–H and O–H groups in total. The van der Waals surface area contributed by atoms with Gasteiger partial charge in [-0.05, 0) is 50.2 Å². The van der Waals surface area contributed by atoms with E-state index in [-0.39, 0.29) is 0 Å². The van der Waals surface area contributed by atoms with E-state index in [1.807, 2.05) is 19.2 Å². The third-order valence-electron chi connectivity index (χ3n) is 3.96. The molecular formula is C15H24N2O. The Hall–Kier alpha value is -0.930. The molecular weight excluding hydrogens is 224 g/mol. The zero-order valence-electron chi connectivity index (χ0n) is 11.4. The normalized spacial score (nSPS) is 28.3. The van der Waals surface area contributed by atoms with Crippen molar-refractivity contribution in [1.82, 2.24) is 10.3 Å². The molecule has 100 valence electrons. The molecule has 0 atom stereocenters. The highest BCUT2D eigenvalue weighted by atomic mass is 16.3. The Labute approximate surface area is 110 Å². The number of nitrogens with one attached hydrogen (secondary N) is 1. The van der Waals surface area contributed by atoms with Crippen molar-refractivity contribution in [3.05, 3.63) is 29.6 Å². The first-order valence-corrected chi connectivity index (χ1v) is 6.92. The molecule has 18 heavy (non-hydrogen) atoms. The second kappa shape index (κ2) is 5.81. The van der Waals surface area contributed by atoms with E-state index in [1.54, 1.807) is 0 Å². The Balaban J connectivity index is 1.76. The van der Waals surface area contributed by atoms with Crippen LogP contribution in [0, 0.1) is 12.8 Å². The van der Waals surface area contributed by atoms with Gasteiger partial charge in [-0.3, -0.25) is 4.98 Å². The van der Waals surface area contributed by atoms with Crippen LogP contribution in [0.4, 0.5) is 0 Å². The van der Waals surface area contributed by atoms with Gasteiger partial charge in [0.1, 0.15) is 0 Å². The number of aryl methyl sites for hydroxylation is 1. The topological polar surface area (TPSA) is 45.1 Å². The minimum absolute atomic E-state index is 0.495. The van der Waals surface area contributed by atoms with Crippen molar-refractivity contribution in [2.75, 3.05) is 6.54 Å². The Kier molecular flexibility index (Phi) is 4.36. The van der Waals surface area contributed by atoms with Gasteiger partial charge in [-0.2, -0.15) is 0 Å². The molecule has 0 aliphatic heterocycles. The first-order valence-electron chi connectivity index (χ1n) is 6.92. The number of aliphatic hydroxyl groups is 1. The van der Waals surface area contributed by atoms with E-state index in [0.29, 0.717) is 6.54 Å². The predicted molar refractivity (Wildman–Crippen MR) is 73.3 cm³/mol. The molecule has 1 heterocycles. The Morgan fingerprint density at radius 3 is 2.72 bits per heavy atom. The number of aromatic nitrogens is 1. The monoisotopic (exact) mass is 248 g/mol. The molecule has 1 aromatic heterocycles. The van der Waals surface area contributed by atoms with Crippen LogP contribution in [0.25, 0.3) is 0 Å². The molecule has 0 spiro atoms. The fourth-order valence-corrected chi connectivity index (χ4v) is 2.52. The standard InChI is InChI=1S/C15H24N2O/c1-12-5-7-15(18,8-6-12)11-16-9-14-4-3-13(2)17-10-14/h3-4,10,12,16,18H,5-9,11H2,1-2H3. The molecule has 1 fully saturated rings. The highest BCUT2D eigenvalue weighted by Crippen LogP contribution is 2.31. The van der Waals surface area contributed by atoms with E-state index in [0.717, 1.165) is 43.8 Å². The Bertz CT molecular complexity index is 367. The minimum Gasteiger partial charge on any atom is -0.389 e. The van der Waals surface area contributed by atoms with E-state index < -0.39 is 5.60 Å². The van der Waals surface area contributed by atoms with Gasteiger partial charge >= 0.3 is 0 Å². The smallest absolute Gasteiger partial charge is 0.0771 e. The van der Waals surface area contributed by atoms with Crippen LogP contribution >= 0.6 is 0 Å². The number of hydrogen-bond donors (Lipinski definition) is 2. The van der Waals surface area contributed by atoms with Crippen LogP contribution < -0.4 is 5.32 Å². The van der Waals surface area contributed by atoms with Crippen molar-refractivity contribution >= 4 is 0 Å². The number of nitrogens with zero attached hydrogens (tertiary/aromatic N) is 1. The maximum absolute atomic E-state index is 10.4.